The second-order valence-electron chi connectivity index (χ2n) is 4.91. The Labute approximate surface area is 98.5 Å². The lowest BCUT2D eigenvalue weighted by Gasteiger charge is -2.37. The van der Waals surface area contributed by atoms with Crippen LogP contribution in [-0.4, -0.2) is 36.8 Å². The summed E-state index contributed by atoms with van der Waals surface area (Å²) in [7, 11) is 0. The van der Waals surface area contributed by atoms with Gasteiger partial charge in [-0.1, -0.05) is 13.8 Å². The molecule has 3 heteroatoms. The Balaban J connectivity index is 2.38. The number of ether oxygens (including phenoxy) is 1. The Bertz CT molecular complexity index is 178. The Morgan fingerprint density at radius 1 is 1.27 bits per heavy atom. The lowest BCUT2D eigenvalue weighted by molar-refractivity contribution is 0.0762. The van der Waals surface area contributed by atoms with Crippen LogP contribution < -0.4 is 5.32 Å². The summed E-state index contributed by atoms with van der Waals surface area (Å²) in [6.07, 6.45) is 4.60. The molecule has 0 bridgehead atoms. The number of nitrogens with one attached hydrogen (secondary N) is 1. The largest absolute Gasteiger partial charge is 0.381 e. The maximum absolute atomic E-state index is 5.44. The van der Waals surface area contributed by atoms with Gasteiger partial charge in [-0.3, -0.25) is 0 Å². The van der Waals surface area contributed by atoms with E-state index >= 15 is 0 Å². The van der Waals surface area contributed by atoms with Gasteiger partial charge < -0.3 is 10.1 Å². The van der Waals surface area contributed by atoms with Gasteiger partial charge >= 0.3 is 0 Å². The zero-order valence-corrected chi connectivity index (χ0v) is 11.3. The van der Waals surface area contributed by atoms with Crippen molar-refractivity contribution in [1.29, 1.82) is 0 Å². The maximum Gasteiger partial charge on any atom is 0.0479 e. The van der Waals surface area contributed by atoms with Crippen LogP contribution in [0.5, 0.6) is 0 Å². The zero-order valence-electron chi connectivity index (χ0n) is 10.5. The first-order chi connectivity index (χ1) is 7.09. The summed E-state index contributed by atoms with van der Waals surface area (Å²) >= 11 is 2.00. The van der Waals surface area contributed by atoms with Gasteiger partial charge in [-0.15, -0.1) is 0 Å². The molecule has 1 aliphatic rings. The summed E-state index contributed by atoms with van der Waals surface area (Å²) in [4.78, 5) is 0. The molecule has 1 rings (SSSR count). The molecule has 0 aliphatic carbocycles. The zero-order chi connectivity index (χ0) is 11.3. The van der Waals surface area contributed by atoms with E-state index in [0.29, 0.717) is 16.7 Å². The Hall–Kier alpha value is 0.270. The highest BCUT2D eigenvalue weighted by Gasteiger charge is 2.31. The molecule has 1 N–H and O–H groups in total. The van der Waals surface area contributed by atoms with Gasteiger partial charge in [0, 0.05) is 30.5 Å². The topological polar surface area (TPSA) is 21.3 Å². The second-order valence-corrected chi connectivity index (χ2v) is 6.19. The maximum atomic E-state index is 5.44. The fourth-order valence-electron chi connectivity index (χ4n) is 1.78. The summed E-state index contributed by atoms with van der Waals surface area (Å²) in [5, 5.41) is 3.67. The van der Waals surface area contributed by atoms with Gasteiger partial charge in [0.2, 0.25) is 0 Å². The molecular weight excluding hydrogens is 206 g/mol. The van der Waals surface area contributed by atoms with Gasteiger partial charge in [-0.25, -0.2) is 0 Å². The molecule has 2 nitrogen and oxygen atoms in total. The highest BCUT2D eigenvalue weighted by Crippen LogP contribution is 2.33. The van der Waals surface area contributed by atoms with E-state index in [1.807, 2.05) is 11.8 Å². The molecule has 0 aromatic heterocycles. The summed E-state index contributed by atoms with van der Waals surface area (Å²) in [5.41, 5.74) is 0. The standard InChI is InChI=1S/C12H25NOS/c1-10(2)11(3)13-9-12(15-4)5-7-14-8-6-12/h10-11,13H,5-9H2,1-4H3. The van der Waals surface area contributed by atoms with Gasteiger partial charge in [-0.05, 0) is 31.9 Å². The molecule has 1 unspecified atom stereocenters. The molecule has 1 saturated heterocycles. The Kier molecular flexibility index (Phi) is 5.44. The number of rotatable bonds is 5. The molecule has 1 atom stereocenters. The van der Waals surface area contributed by atoms with Gasteiger partial charge in [0.15, 0.2) is 0 Å². The predicted molar refractivity (Wildman–Crippen MR) is 68.6 cm³/mol. The summed E-state index contributed by atoms with van der Waals surface area (Å²) in [6.45, 7) is 9.80. The van der Waals surface area contributed by atoms with Gasteiger partial charge in [0.05, 0.1) is 0 Å². The molecule has 1 heterocycles. The molecule has 0 saturated carbocycles. The molecule has 0 amide bonds. The molecular formula is C12H25NOS. The third kappa shape index (κ3) is 3.97. The lowest BCUT2D eigenvalue weighted by atomic mass is 9.97. The van der Waals surface area contributed by atoms with Crippen LogP contribution in [0.3, 0.4) is 0 Å². The minimum Gasteiger partial charge on any atom is -0.381 e. The Morgan fingerprint density at radius 3 is 2.33 bits per heavy atom. The number of thioether (sulfide) groups is 1. The fourth-order valence-corrected chi connectivity index (χ4v) is 2.58. The van der Waals surface area contributed by atoms with Crippen molar-refractivity contribution in [1.82, 2.24) is 5.32 Å². The summed E-state index contributed by atoms with van der Waals surface area (Å²) < 4.78 is 5.86. The van der Waals surface area contributed by atoms with E-state index in [9.17, 15) is 0 Å². The van der Waals surface area contributed by atoms with Crippen molar-refractivity contribution in [2.75, 3.05) is 26.0 Å². The quantitative estimate of drug-likeness (QED) is 0.785. The molecule has 0 spiro atoms. The van der Waals surface area contributed by atoms with Crippen LogP contribution >= 0.6 is 11.8 Å². The van der Waals surface area contributed by atoms with Crippen molar-refractivity contribution >= 4 is 11.8 Å². The predicted octanol–water partition coefficient (Wildman–Crippen LogP) is 2.53. The first-order valence-corrected chi connectivity index (χ1v) is 7.18. The molecule has 0 radical (unpaired) electrons. The van der Waals surface area contributed by atoms with Crippen molar-refractivity contribution in [3.63, 3.8) is 0 Å². The van der Waals surface area contributed by atoms with Crippen LogP contribution in [0.1, 0.15) is 33.6 Å². The normalized spacial score (nSPS) is 23.0. The third-order valence-corrected chi connectivity index (χ3v) is 5.00. The molecule has 1 fully saturated rings. The molecule has 90 valence electrons. The highest BCUT2D eigenvalue weighted by molar-refractivity contribution is 8.00. The SMILES string of the molecule is CSC1(CNC(C)C(C)C)CCOCC1. The van der Waals surface area contributed by atoms with Crippen LogP contribution in [-0.2, 0) is 4.74 Å². The monoisotopic (exact) mass is 231 g/mol. The van der Waals surface area contributed by atoms with E-state index in [4.69, 9.17) is 4.74 Å². The fraction of sp³-hybridized carbons (Fsp3) is 1.00. The molecule has 15 heavy (non-hydrogen) atoms. The van der Waals surface area contributed by atoms with Crippen LogP contribution in [0.25, 0.3) is 0 Å². The minimum absolute atomic E-state index is 0.418. The van der Waals surface area contributed by atoms with E-state index in [0.717, 1.165) is 19.8 Å². The molecule has 1 aliphatic heterocycles. The van der Waals surface area contributed by atoms with E-state index < -0.39 is 0 Å². The minimum atomic E-state index is 0.418. The average molecular weight is 231 g/mol. The second kappa shape index (κ2) is 6.12. The van der Waals surface area contributed by atoms with Crippen LogP contribution in [0.15, 0.2) is 0 Å². The number of hydrogen-bond donors (Lipinski definition) is 1. The van der Waals surface area contributed by atoms with Crippen molar-refractivity contribution in [2.45, 2.75) is 44.4 Å². The van der Waals surface area contributed by atoms with E-state index in [1.54, 1.807) is 0 Å². The van der Waals surface area contributed by atoms with Crippen LogP contribution in [0.4, 0.5) is 0 Å². The van der Waals surface area contributed by atoms with Crippen molar-refractivity contribution in [3.05, 3.63) is 0 Å². The first-order valence-electron chi connectivity index (χ1n) is 5.96. The first kappa shape index (κ1) is 13.3. The summed E-state index contributed by atoms with van der Waals surface area (Å²) in [6, 6.07) is 0.608. The number of hydrogen-bond acceptors (Lipinski definition) is 3. The molecule has 0 aromatic rings. The van der Waals surface area contributed by atoms with Gasteiger partial charge in [0.25, 0.3) is 0 Å². The molecule has 0 aromatic carbocycles. The van der Waals surface area contributed by atoms with Gasteiger partial charge in [0.1, 0.15) is 0 Å². The van der Waals surface area contributed by atoms with Crippen molar-refractivity contribution < 1.29 is 4.74 Å². The Morgan fingerprint density at radius 2 is 1.87 bits per heavy atom. The van der Waals surface area contributed by atoms with Crippen LogP contribution in [0.2, 0.25) is 0 Å². The van der Waals surface area contributed by atoms with E-state index in [-0.39, 0.29) is 0 Å². The third-order valence-electron chi connectivity index (χ3n) is 3.58. The lowest BCUT2D eigenvalue weighted by Crippen LogP contribution is -2.46. The van der Waals surface area contributed by atoms with E-state index in [1.165, 1.54) is 12.8 Å². The van der Waals surface area contributed by atoms with Crippen molar-refractivity contribution in [3.8, 4) is 0 Å². The highest BCUT2D eigenvalue weighted by atomic mass is 32.2. The van der Waals surface area contributed by atoms with Crippen molar-refractivity contribution in [2.24, 2.45) is 5.92 Å². The summed E-state index contributed by atoms with van der Waals surface area (Å²) in [5.74, 6) is 0.712. The van der Waals surface area contributed by atoms with Crippen LogP contribution in [0, 0.1) is 5.92 Å². The van der Waals surface area contributed by atoms with Gasteiger partial charge in [-0.2, -0.15) is 11.8 Å². The van der Waals surface area contributed by atoms with E-state index in [2.05, 4.69) is 32.3 Å². The average Bonchev–Trinajstić information content (AvgIpc) is 2.27. The smallest absolute Gasteiger partial charge is 0.0479 e.